The minimum Gasteiger partial charge on any atom is -0.465 e. The van der Waals surface area contributed by atoms with Crippen LogP contribution in [0.4, 0.5) is 0 Å². The highest BCUT2D eigenvalue weighted by molar-refractivity contribution is 5.89. The number of rotatable bonds is 3. The minimum absolute atomic E-state index is 0.359. The molecule has 1 unspecified atom stereocenters. The number of hydrogen-bond acceptors (Lipinski definition) is 3. The summed E-state index contributed by atoms with van der Waals surface area (Å²) in [5.74, 6) is -0.359. The fraction of sp³-hybridized carbons (Fsp3) is 0.462. The van der Waals surface area contributed by atoms with Gasteiger partial charge in [-0.15, -0.1) is 0 Å². The standard InChI is InChI=1S/C11H14O3.C2H6/c1-3-10(12)8-4-6-9(7-5-8)11(13)14-2;1-2/h4-7,10,12H,3H2,1-2H3;1-2H3. The number of benzene rings is 1. The van der Waals surface area contributed by atoms with E-state index in [-0.39, 0.29) is 5.97 Å². The first-order valence-corrected chi connectivity index (χ1v) is 5.55. The maximum atomic E-state index is 11.1. The van der Waals surface area contributed by atoms with Crippen molar-refractivity contribution in [3.05, 3.63) is 35.4 Å². The second kappa shape index (κ2) is 7.88. The number of carbonyl (C=O) groups is 1. The van der Waals surface area contributed by atoms with E-state index in [1.165, 1.54) is 7.11 Å². The Hall–Kier alpha value is -1.35. The third kappa shape index (κ3) is 4.03. The van der Waals surface area contributed by atoms with Crippen LogP contribution in [0.2, 0.25) is 0 Å². The van der Waals surface area contributed by atoms with Gasteiger partial charge in [0.25, 0.3) is 0 Å². The molecule has 1 rings (SSSR count). The number of ether oxygens (including phenoxy) is 1. The average Bonchev–Trinajstić information content (AvgIpc) is 2.39. The van der Waals surface area contributed by atoms with Gasteiger partial charge in [0.05, 0.1) is 18.8 Å². The molecule has 0 aromatic heterocycles. The summed E-state index contributed by atoms with van der Waals surface area (Å²) in [6.07, 6.45) is 0.207. The summed E-state index contributed by atoms with van der Waals surface area (Å²) >= 11 is 0. The van der Waals surface area contributed by atoms with Crippen LogP contribution in [0.15, 0.2) is 24.3 Å². The van der Waals surface area contributed by atoms with E-state index in [0.29, 0.717) is 12.0 Å². The summed E-state index contributed by atoms with van der Waals surface area (Å²) in [6, 6.07) is 6.78. The van der Waals surface area contributed by atoms with Crippen molar-refractivity contribution >= 4 is 5.97 Å². The molecule has 0 aliphatic carbocycles. The Morgan fingerprint density at radius 2 is 1.81 bits per heavy atom. The van der Waals surface area contributed by atoms with Crippen molar-refractivity contribution in [1.82, 2.24) is 0 Å². The van der Waals surface area contributed by atoms with Crippen LogP contribution in [0.1, 0.15) is 49.2 Å². The summed E-state index contributed by atoms with van der Waals surface area (Å²) in [5.41, 5.74) is 1.32. The molecule has 0 heterocycles. The molecule has 3 nitrogen and oxygen atoms in total. The molecule has 0 saturated heterocycles. The highest BCUT2D eigenvalue weighted by Crippen LogP contribution is 2.16. The van der Waals surface area contributed by atoms with Crippen LogP contribution in [0.25, 0.3) is 0 Å². The molecule has 1 N–H and O–H groups in total. The van der Waals surface area contributed by atoms with Crippen molar-refractivity contribution in [3.63, 3.8) is 0 Å². The van der Waals surface area contributed by atoms with Gasteiger partial charge >= 0.3 is 5.97 Å². The first-order valence-electron chi connectivity index (χ1n) is 5.55. The van der Waals surface area contributed by atoms with Crippen LogP contribution >= 0.6 is 0 Å². The van der Waals surface area contributed by atoms with Gasteiger partial charge in [0.1, 0.15) is 0 Å². The van der Waals surface area contributed by atoms with Gasteiger partial charge in [-0.2, -0.15) is 0 Å². The van der Waals surface area contributed by atoms with Crippen molar-refractivity contribution in [1.29, 1.82) is 0 Å². The van der Waals surface area contributed by atoms with E-state index in [0.717, 1.165) is 5.56 Å². The Bertz CT molecular complexity index is 303. The van der Waals surface area contributed by atoms with Gasteiger partial charge in [-0.25, -0.2) is 4.79 Å². The van der Waals surface area contributed by atoms with E-state index in [2.05, 4.69) is 4.74 Å². The van der Waals surface area contributed by atoms with Gasteiger partial charge in [-0.1, -0.05) is 32.9 Å². The molecule has 3 heteroatoms. The van der Waals surface area contributed by atoms with E-state index in [4.69, 9.17) is 0 Å². The zero-order chi connectivity index (χ0) is 12.6. The number of esters is 1. The van der Waals surface area contributed by atoms with Gasteiger partial charge in [0.2, 0.25) is 0 Å². The molecule has 1 aromatic rings. The third-order valence-electron chi connectivity index (χ3n) is 2.10. The zero-order valence-electron chi connectivity index (χ0n) is 10.4. The van der Waals surface area contributed by atoms with Crippen LogP contribution in [-0.4, -0.2) is 18.2 Å². The number of aliphatic hydroxyl groups is 1. The summed E-state index contributed by atoms with van der Waals surface area (Å²) in [7, 11) is 1.34. The Kier molecular flexibility index (Phi) is 7.21. The Morgan fingerprint density at radius 1 is 1.31 bits per heavy atom. The van der Waals surface area contributed by atoms with Crippen molar-refractivity contribution in [3.8, 4) is 0 Å². The molecule has 0 aliphatic rings. The Balaban J connectivity index is 0.00000106. The minimum atomic E-state index is -0.457. The van der Waals surface area contributed by atoms with Gasteiger partial charge in [0, 0.05) is 0 Å². The zero-order valence-corrected chi connectivity index (χ0v) is 10.4. The highest BCUT2D eigenvalue weighted by atomic mass is 16.5. The fourth-order valence-corrected chi connectivity index (χ4v) is 1.19. The van der Waals surface area contributed by atoms with Crippen LogP contribution in [-0.2, 0) is 4.74 Å². The molecule has 1 atom stereocenters. The maximum Gasteiger partial charge on any atom is 0.337 e. The first-order chi connectivity index (χ1) is 7.69. The summed E-state index contributed by atoms with van der Waals surface area (Å²) < 4.78 is 4.56. The SMILES string of the molecule is CC.CCC(O)c1ccc(C(=O)OC)cc1. The van der Waals surface area contributed by atoms with E-state index < -0.39 is 6.10 Å². The summed E-state index contributed by atoms with van der Waals surface area (Å²) in [5, 5.41) is 9.50. The van der Waals surface area contributed by atoms with Crippen LogP contribution in [0.5, 0.6) is 0 Å². The highest BCUT2D eigenvalue weighted by Gasteiger charge is 2.07. The van der Waals surface area contributed by atoms with Crippen LogP contribution in [0.3, 0.4) is 0 Å². The monoisotopic (exact) mass is 224 g/mol. The van der Waals surface area contributed by atoms with E-state index >= 15 is 0 Å². The van der Waals surface area contributed by atoms with E-state index in [1.807, 2.05) is 20.8 Å². The van der Waals surface area contributed by atoms with Gasteiger partial charge in [-0.05, 0) is 24.1 Å². The summed E-state index contributed by atoms with van der Waals surface area (Å²) in [4.78, 5) is 11.1. The largest absolute Gasteiger partial charge is 0.465 e. The normalized spacial score (nSPS) is 11.1. The quantitative estimate of drug-likeness (QED) is 0.803. The molecule has 0 spiro atoms. The lowest BCUT2D eigenvalue weighted by molar-refractivity contribution is 0.0600. The van der Waals surface area contributed by atoms with Crippen molar-refractivity contribution in [2.75, 3.05) is 7.11 Å². The van der Waals surface area contributed by atoms with Crippen molar-refractivity contribution in [2.24, 2.45) is 0 Å². The molecular weight excluding hydrogens is 204 g/mol. The van der Waals surface area contributed by atoms with Crippen LogP contribution in [0, 0.1) is 0 Å². The number of hydrogen-bond donors (Lipinski definition) is 1. The fourth-order valence-electron chi connectivity index (χ4n) is 1.19. The number of carbonyl (C=O) groups excluding carboxylic acids is 1. The lowest BCUT2D eigenvalue weighted by Crippen LogP contribution is -2.02. The lowest BCUT2D eigenvalue weighted by atomic mass is 10.1. The molecule has 0 bridgehead atoms. The van der Waals surface area contributed by atoms with Gasteiger partial charge in [0.15, 0.2) is 0 Å². The maximum absolute atomic E-state index is 11.1. The van der Waals surface area contributed by atoms with Crippen LogP contribution < -0.4 is 0 Å². The summed E-state index contributed by atoms with van der Waals surface area (Å²) in [6.45, 7) is 5.90. The molecule has 0 fully saturated rings. The number of aliphatic hydroxyl groups excluding tert-OH is 1. The van der Waals surface area contributed by atoms with Crippen molar-refractivity contribution in [2.45, 2.75) is 33.3 Å². The Morgan fingerprint density at radius 3 is 2.19 bits per heavy atom. The number of methoxy groups -OCH3 is 1. The smallest absolute Gasteiger partial charge is 0.337 e. The Labute approximate surface area is 97.1 Å². The predicted octanol–water partition coefficient (Wildman–Crippen LogP) is 2.94. The van der Waals surface area contributed by atoms with Gasteiger partial charge in [-0.3, -0.25) is 0 Å². The second-order valence-corrected chi connectivity index (χ2v) is 3.04. The average molecular weight is 224 g/mol. The molecule has 0 aliphatic heterocycles. The second-order valence-electron chi connectivity index (χ2n) is 3.04. The van der Waals surface area contributed by atoms with Gasteiger partial charge < -0.3 is 9.84 Å². The lowest BCUT2D eigenvalue weighted by Gasteiger charge is -2.07. The molecule has 0 saturated carbocycles. The molecular formula is C13H20O3. The molecule has 1 aromatic carbocycles. The molecule has 16 heavy (non-hydrogen) atoms. The first kappa shape index (κ1) is 14.6. The van der Waals surface area contributed by atoms with E-state index in [9.17, 15) is 9.90 Å². The molecule has 90 valence electrons. The third-order valence-corrected chi connectivity index (χ3v) is 2.10. The predicted molar refractivity (Wildman–Crippen MR) is 64.4 cm³/mol. The van der Waals surface area contributed by atoms with E-state index in [1.54, 1.807) is 24.3 Å². The molecule has 0 radical (unpaired) electrons. The molecule has 0 amide bonds. The van der Waals surface area contributed by atoms with Crippen molar-refractivity contribution < 1.29 is 14.6 Å². The topological polar surface area (TPSA) is 46.5 Å².